The molecular weight excluding hydrogens is 276 g/mol. The van der Waals surface area contributed by atoms with Crippen LogP contribution in [0, 0.1) is 0 Å². The molecule has 0 fully saturated rings. The summed E-state index contributed by atoms with van der Waals surface area (Å²) in [6, 6.07) is 9.24. The lowest BCUT2D eigenvalue weighted by Gasteiger charge is -2.05. The highest BCUT2D eigenvalue weighted by Crippen LogP contribution is 2.17. The van der Waals surface area contributed by atoms with Gasteiger partial charge in [0, 0.05) is 17.3 Å². The highest BCUT2D eigenvalue weighted by Gasteiger charge is 2.09. The van der Waals surface area contributed by atoms with E-state index in [0.717, 1.165) is 10.9 Å². The summed E-state index contributed by atoms with van der Waals surface area (Å²) >= 11 is 5.71. The van der Waals surface area contributed by atoms with E-state index in [1.54, 1.807) is 12.3 Å². The van der Waals surface area contributed by atoms with Crippen LogP contribution >= 0.6 is 11.6 Å². The van der Waals surface area contributed by atoms with Crippen LogP contribution in [0.2, 0.25) is 5.15 Å². The average Bonchev–Trinajstić information content (AvgIpc) is 2.47. The Balaban J connectivity index is 1.87. The predicted octanol–water partition coefficient (Wildman–Crippen LogP) is 2.93. The van der Waals surface area contributed by atoms with E-state index in [-0.39, 0.29) is 16.8 Å². The first-order valence-corrected chi connectivity index (χ1v) is 6.24. The lowest BCUT2D eigenvalue weighted by Crippen LogP contribution is -2.14. The van der Waals surface area contributed by atoms with Crippen molar-refractivity contribution in [3.05, 3.63) is 59.8 Å². The number of pyridine rings is 1. The molecule has 0 aliphatic carbocycles. The van der Waals surface area contributed by atoms with E-state index in [1.165, 1.54) is 12.4 Å². The molecule has 2 heterocycles. The monoisotopic (exact) mass is 284 g/mol. The lowest BCUT2D eigenvalue weighted by atomic mass is 10.2. The molecule has 2 aromatic heterocycles. The van der Waals surface area contributed by atoms with Crippen LogP contribution in [0.15, 0.2) is 48.9 Å². The van der Waals surface area contributed by atoms with Crippen LogP contribution < -0.4 is 5.32 Å². The van der Waals surface area contributed by atoms with Crippen molar-refractivity contribution in [2.24, 2.45) is 0 Å². The van der Waals surface area contributed by atoms with E-state index < -0.39 is 0 Å². The Morgan fingerprint density at radius 2 is 2.10 bits per heavy atom. The summed E-state index contributed by atoms with van der Waals surface area (Å²) in [5.41, 5.74) is 1.70. The smallest absolute Gasteiger partial charge is 0.275 e. The second-order valence-corrected chi connectivity index (χ2v) is 4.48. The number of rotatable bonds is 2. The highest BCUT2D eigenvalue weighted by molar-refractivity contribution is 6.29. The average molecular weight is 285 g/mol. The minimum atomic E-state index is -0.358. The number of benzene rings is 1. The van der Waals surface area contributed by atoms with Gasteiger partial charge in [0.2, 0.25) is 0 Å². The maximum Gasteiger partial charge on any atom is 0.275 e. The fraction of sp³-hybridized carbons (Fsp3) is 0. The third-order valence-corrected chi connectivity index (χ3v) is 2.88. The number of hydrogen-bond acceptors (Lipinski definition) is 4. The molecule has 5 nitrogen and oxygen atoms in total. The van der Waals surface area contributed by atoms with E-state index in [9.17, 15) is 4.79 Å². The number of halogens is 1. The number of hydrogen-bond donors (Lipinski definition) is 1. The quantitative estimate of drug-likeness (QED) is 0.785. The van der Waals surface area contributed by atoms with Crippen LogP contribution in [0.4, 0.5) is 5.69 Å². The molecule has 1 aromatic carbocycles. The molecule has 6 heteroatoms. The second-order valence-electron chi connectivity index (χ2n) is 4.09. The van der Waals surface area contributed by atoms with Crippen molar-refractivity contribution in [2.75, 3.05) is 5.32 Å². The zero-order chi connectivity index (χ0) is 13.9. The number of amides is 1. The maximum absolute atomic E-state index is 12.0. The summed E-state index contributed by atoms with van der Waals surface area (Å²) in [7, 11) is 0. The molecule has 0 radical (unpaired) electrons. The first-order chi connectivity index (χ1) is 9.72. The number of nitrogens with one attached hydrogen (secondary N) is 1. The summed E-state index contributed by atoms with van der Waals surface area (Å²) in [6.07, 6.45) is 4.46. The van der Waals surface area contributed by atoms with Crippen LogP contribution in [0.5, 0.6) is 0 Å². The summed E-state index contributed by atoms with van der Waals surface area (Å²) in [4.78, 5) is 24.0. The SMILES string of the molecule is O=C(Nc1ccc2ncccc2c1)c1cncc(Cl)n1. The molecule has 0 saturated carbocycles. The molecule has 98 valence electrons. The van der Waals surface area contributed by atoms with Gasteiger partial charge < -0.3 is 5.32 Å². The standard InChI is InChI=1S/C14H9ClN4O/c15-13-8-16-7-12(19-13)14(20)18-10-3-4-11-9(6-10)2-1-5-17-11/h1-8H,(H,18,20). The number of carbonyl (C=O) groups excluding carboxylic acids is 1. The fourth-order valence-electron chi connectivity index (χ4n) is 1.80. The Hall–Kier alpha value is -2.53. The van der Waals surface area contributed by atoms with Gasteiger partial charge in [-0.25, -0.2) is 4.98 Å². The van der Waals surface area contributed by atoms with Gasteiger partial charge in [0.15, 0.2) is 0 Å². The van der Waals surface area contributed by atoms with E-state index in [1.807, 2.05) is 24.3 Å². The van der Waals surface area contributed by atoms with Gasteiger partial charge in [-0.2, -0.15) is 0 Å². The van der Waals surface area contributed by atoms with Crippen molar-refractivity contribution < 1.29 is 4.79 Å². The third kappa shape index (κ3) is 2.57. The normalized spacial score (nSPS) is 10.4. The van der Waals surface area contributed by atoms with Crippen molar-refractivity contribution in [1.29, 1.82) is 0 Å². The van der Waals surface area contributed by atoms with Gasteiger partial charge in [-0.05, 0) is 24.3 Å². The minimum absolute atomic E-state index is 0.170. The molecule has 3 rings (SSSR count). The van der Waals surface area contributed by atoms with E-state index in [4.69, 9.17) is 11.6 Å². The molecule has 0 saturated heterocycles. The number of carbonyl (C=O) groups is 1. The number of anilines is 1. The predicted molar refractivity (Wildman–Crippen MR) is 76.7 cm³/mol. The summed E-state index contributed by atoms with van der Waals surface area (Å²) < 4.78 is 0. The first-order valence-electron chi connectivity index (χ1n) is 5.86. The number of aromatic nitrogens is 3. The third-order valence-electron chi connectivity index (χ3n) is 2.70. The van der Waals surface area contributed by atoms with Gasteiger partial charge in [0.05, 0.1) is 17.9 Å². The molecule has 0 spiro atoms. The van der Waals surface area contributed by atoms with Gasteiger partial charge in [0.1, 0.15) is 10.8 Å². The van der Waals surface area contributed by atoms with E-state index in [2.05, 4.69) is 20.3 Å². The molecule has 0 aliphatic rings. The lowest BCUT2D eigenvalue weighted by molar-refractivity contribution is 0.102. The van der Waals surface area contributed by atoms with Crippen LogP contribution in [-0.2, 0) is 0 Å². The van der Waals surface area contributed by atoms with Gasteiger partial charge in [0.25, 0.3) is 5.91 Å². The van der Waals surface area contributed by atoms with E-state index in [0.29, 0.717) is 5.69 Å². The molecule has 3 aromatic rings. The summed E-state index contributed by atoms with van der Waals surface area (Å²) in [5, 5.41) is 3.88. The molecule has 0 unspecified atom stereocenters. The number of fused-ring (bicyclic) bond motifs is 1. The van der Waals surface area contributed by atoms with Gasteiger partial charge in [-0.3, -0.25) is 14.8 Å². The van der Waals surface area contributed by atoms with Crippen molar-refractivity contribution in [2.45, 2.75) is 0 Å². The van der Waals surface area contributed by atoms with Crippen molar-refractivity contribution in [3.8, 4) is 0 Å². The van der Waals surface area contributed by atoms with Crippen molar-refractivity contribution in [1.82, 2.24) is 15.0 Å². The molecule has 0 atom stereocenters. The van der Waals surface area contributed by atoms with Crippen LogP contribution in [-0.4, -0.2) is 20.9 Å². The molecule has 1 amide bonds. The fourth-order valence-corrected chi connectivity index (χ4v) is 1.95. The molecular formula is C14H9ClN4O. The van der Waals surface area contributed by atoms with Crippen molar-refractivity contribution >= 4 is 34.1 Å². The van der Waals surface area contributed by atoms with Crippen LogP contribution in [0.1, 0.15) is 10.5 Å². The van der Waals surface area contributed by atoms with E-state index >= 15 is 0 Å². The second kappa shape index (κ2) is 5.22. The molecule has 0 aliphatic heterocycles. The number of nitrogens with zero attached hydrogens (tertiary/aromatic N) is 3. The Bertz CT molecular complexity index is 791. The first kappa shape index (κ1) is 12.5. The Labute approximate surface area is 119 Å². The van der Waals surface area contributed by atoms with Crippen LogP contribution in [0.3, 0.4) is 0 Å². The molecule has 20 heavy (non-hydrogen) atoms. The van der Waals surface area contributed by atoms with Gasteiger partial charge >= 0.3 is 0 Å². The zero-order valence-electron chi connectivity index (χ0n) is 10.2. The van der Waals surface area contributed by atoms with Crippen LogP contribution in [0.25, 0.3) is 10.9 Å². The Kier molecular flexibility index (Phi) is 3.26. The molecule has 1 N–H and O–H groups in total. The molecule has 0 bridgehead atoms. The van der Waals surface area contributed by atoms with Gasteiger partial charge in [-0.1, -0.05) is 17.7 Å². The van der Waals surface area contributed by atoms with Crippen molar-refractivity contribution in [3.63, 3.8) is 0 Å². The largest absolute Gasteiger partial charge is 0.321 e. The summed E-state index contributed by atoms with van der Waals surface area (Å²) in [5.74, 6) is -0.358. The Morgan fingerprint density at radius 1 is 1.20 bits per heavy atom. The Morgan fingerprint density at radius 3 is 2.95 bits per heavy atom. The highest BCUT2D eigenvalue weighted by atomic mass is 35.5. The topological polar surface area (TPSA) is 67.8 Å². The summed E-state index contributed by atoms with van der Waals surface area (Å²) in [6.45, 7) is 0. The maximum atomic E-state index is 12.0. The van der Waals surface area contributed by atoms with Gasteiger partial charge in [-0.15, -0.1) is 0 Å². The minimum Gasteiger partial charge on any atom is -0.321 e. The zero-order valence-corrected chi connectivity index (χ0v) is 11.0.